The fourth-order valence-corrected chi connectivity index (χ4v) is 3.43. The second kappa shape index (κ2) is 6.37. The Balaban J connectivity index is 1.51. The van der Waals surface area contributed by atoms with E-state index in [-0.39, 0.29) is 11.7 Å². The summed E-state index contributed by atoms with van der Waals surface area (Å²) in [4.78, 5) is 16.6. The fourth-order valence-electron chi connectivity index (χ4n) is 2.62. The van der Waals surface area contributed by atoms with Gasteiger partial charge in [-0.3, -0.25) is 9.89 Å². The Morgan fingerprint density at radius 1 is 1.20 bits per heavy atom. The van der Waals surface area contributed by atoms with Crippen molar-refractivity contribution in [3.63, 3.8) is 0 Å². The van der Waals surface area contributed by atoms with Crippen LogP contribution in [0.1, 0.15) is 16.1 Å². The number of nitrogens with one attached hydrogen (secondary N) is 2. The van der Waals surface area contributed by atoms with Crippen molar-refractivity contribution in [2.45, 2.75) is 6.54 Å². The summed E-state index contributed by atoms with van der Waals surface area (Å²) in [5.41, 5.74) is 5.19. The van der Waals surface area contributed by atoms with Gasteiger partial charge in [0.05, 0.1) is 21.4 Å². The highest BCUT2D eigenvalue weighted by atomic mass is 32.1. The Hall–Kier alpha value is -3.19. The Bertz CT molecular complexity index is 1050. The minimum Gasteiger partial charge on any atom is -0.507 e. The van der Waals surface area contributed by atoms with Gasteiger partial charge in [-0.25, -0.2) is 4.98 Å². The molecule has 25 heavy (non-hydrogen) atoms. The normalized spacial score (nSPS) is 10.9. The molecule has 4 rings (SSSR count). The Kier molecular flexibility index (Phi) is 3.91. The van der Waals surface area contributed by atoms with Gasteiger partial charge in [-0.05, 0) is 29.8 Å². The molecule has 1 amide bonds. The van der Waals surface area contributed by atoms with E-state index in [1.54, 1.807) is 47.2 Å². The highest BCUT2D eigenvalue weighted by molar-refractivity contribution is 7.16. The number of benzene rings is 2. The van der Waals surface area contributed by atoms with E-state index in [2.05, 4.69) is 20.5 Å². The lowest BCUT2D eigenvalue weighted by atomic mass is 10.1. The topological polar surface area (TPSA) is 90.9 Å². The monoisotopic (exact) mass is 350 g/mol. The van der Waals surface area contributed by atoms with Gasteiger partial charge in [-0.15, -0.1) is 11.3 Å². The maximum atomic E-state index is 12.4. The summed E-state index contributed by atoms with van der Waals surface area (Å²) in [7, 11) is 0. The quantitative estimate of drug-likeness (QED) is 0.526. The van der Waals surface area contributed by atoms with Crippen LogP contribution < -0.4 is 5.32 Å². The van der Waals surface area contributed by atoms with Gasteiger partial charge in [-0.1, -0.05) is 24.3 Å². The number of H-pyrrole nitrogens is 1. The van der Waals surface area contributed by atoms with Gasteiger partial charge in [0.25, 0.3) is 5.91 Å². The van der Waals surface area contributed by atoms with E-state index >= 15 is 0 Å². The van der Waals surface area contributed by atoms with Crippen LogP contribution in [0.5, 0.6) is 5.75 Å². The molecule has 0 saturated carbocycles. The molecule has 2 aromatic carbocycles. The summed E-state index contributed by atoms with van der Waals surface area (Å²) < 4.78 is 1.07. The number of fused-ring (bicyclic) bond motifs is 1. The van der Waals surface area contributed by atoms with Crippen LogP contribution >= 0.6 is 11.3 Å². The molecular formula is C18H14N4O2S. The number of para-hydroxylation sites is 1. The molecule has 0 unspecified atom stereocenters. The minimum absolute atomic E-state index is 0.123. The standard InChI is InChI=1S/C18H14N4O2S/c23-16-7-2-1-5-12(16)14-8-15(22-21-14)18(24)19-9-11-4-3-6-13-17(11)25-10-20-13/h1-8,10,23H,9H2,(H,19,24)(H,21,22). The Morgan fingerprint density at radius 2 is 2.08 bits per heavy atom. The van der Waals surface area contributed by atoms with Crippen molar-refractivity contribution >= 4 is 27.5 Å². The third-order valence-electron chi connectivity index (χ3n) is 3.88. The summed E-state index contributed by atoms with van der Waals surface area (Å²) in [5, 5.41) is 19.6. The molecule has 3 N–H and O–H groups in total. The smallest absolute Gasteiger partial charge is 0.269 e. The number of rotatable bonds is 4. The number of aromatic nitrogens is 3. The first-order valence-electron chi connectivity index (χ1n) is 7.65. The molecule has 0 saturated heterocycles. The third-order valence-corrected chi connectivity index (χ3v) is 4.80. The predicted octanol–water partition coefficient (Wildman–Crippen LogP) is 3.32. The maximum Gasteiger partial charge on any atom is 0.269 e. The first-order chi connectivity index (χ1) is 12.2. The number of amides is 1. The zero-order valence-electron chi connectivity index (χ0n) is 13.1. The lowest BCUT2D eigenvalue weighted by Gasteiger charge is -2.04. The molecule has 0 aliphatic rings. The highest BCUT2D eigenvalue weighted by Gasteiger charge is 2.13. The van der Waals surface area contributed by atoms with Crippen LogP contribution in [0.2, 0.25) is 0 Å². The third kappa shape index (κ3) is 2.97. The molecule has 0 atom stereocenters. The first-order valence-corrected chi connectivity index (χ1v) is 8.53. The van der Waals surface area contributed by atoms with Crippen molar-refractivity contribution in [2.75, 3.05) is 0 Å². The second-order valence-electron chi connectivity index (χ2n) is 5.48. The van der Waals surface area contributed by atoms with Crippen LogP contribution in [-0.4, -0.2) is 26.2 Å². The van der Waals surface area contributed by atoms with E-state index in [9.17, 15) is 9.90 Å². The van der Waals surface area contributed by atoms with Crippen molar-refractivity contribution < 1.29 is 9.90 Å². The molecular weight excluding hydrogens is 336 g/mol. The van der Waals surface area contributed by atoms with Crippen molar-refractivity contribution in [3.8, 4) is 17.0 Å². The van der Waals surface area contributed by atoms with Crippen LogP contribution in [-0.2, 0) is 6.54 Å². The SMILES string of the molecule is O=C(NCc1cccc2ncsc12)c1cc(-c2ccccc2O)n[nH]1. The van der Waals surface area contributed by atoms with Gasteiger partial charge >= 0.3 is 0 Å². The molecule has 0 aliphatic carbocycles. The largest absolute Gasteiger partial charge is 0.507 e. The molecule has 7 heteroatoms. The molecule has 124 valence electrons. The number of phenols is 1. The van der Waals surface area contributed by atoms with Gasteiger partial charge in [0.1, 0.15) is 11.4 Å². The number of nitrogens with zero attached hydrogens (tertiary/aromatic N) is 2. The van der Waals surface area contributed by atoms with Crippen molar-refractivity contribution in [1.29, 1.82) is 0 Å². The lowest BCUT2D eigenvalue weighted by molar-refractivity contribution is 0.0946. The minimum atomic E-state index is -0.254. The van der Waals surface area contributed by atoms with Gasteiger partial charge in [-0.2, -0.15) is 5.10 Å². The van der Waals surface area contributed by atoms with Gasteiger partial charge < -0.3 is 10.4 Å². The second-order valence-corrected chi connectivity index (χ2v) is 6.34. The number of carbonyl (C=O) groups excluding carboxylic acids is 1. The molecule has 0 bridgehead atoms. The number of carbonyl (C=O) groups is 1. The van der Waals surface area contributed by atoms with Gasteiger partial charge in [0, 0.05) is 12.1 Å². The molecule has 0 radical (unpaired) electrons. The van der Waals surface area contributed by atoms with Crippen LogP contribution in [0.4, 0.5) is 0 Å². The van der Waals surface area contributed by atoms with E-state index < -0.39 is 0 Å². The van der Waals surface area contributed by atoms with Crippen LogP contribution in [0.15, 0.2) is 54.0 Å². The fraction of sp³-hybridized carbons (Fsp3) is 0.0556. The summed E-state index contributed by atoms with van der Waals surface area (Å²) in [6, 6.07) is 14.3. The van der Waals surface area contributed by atoms with Crippen molar-refractivity contribution in [3.05, 3.63) is 65.3 Å². The van der Waals surface area contributed by atoms with E-state index in [0.717, 1.165) is 15.8 Å². The zero-order valence-corrected chi connectivity index (χ0v) is 13.9. The van der Waals surface area contributed by atoms with Crippen LogP contribution in [0, 0.1) is 0 Å². The van der Waals surface area contributed by atoms with Gasteiger partial charge in [0.15, 0.2) is 0 Å². The Labute approximate surface area is 147 Å². The molecule has 4 aromatic rings. The average Bonchev–Trinajstić information content (AvgIpc) is 3.29. The van der Waals surface area contributed by atoms with Crippen LogP contribution in [0.25, 0.3) is 21.5 Å². The summed E-state index contributed by atoms with van der Waals surface area (Å²) in [5.74, 6) is -0.131. The summed E-state index contributed by atoms with van der Waals surface area (Å²) in [6.07, 6.45) is 0. The van der Waals surface area contributed by atoms with E-state index in [1.165, 1.54) is 0 Å². The predicted molar refractivity (Wildman–Crippen MR) is 96.5 cm³/mol. The zero-order chi connectivity index (χ0) is 17.2. The molecule has 0 spiro atoms. The molecule has 0 fully saturated rings. The summed E-state index contributed by atoms with van der Waals surface area (Å²) in [6.45, 7) is 0.406. The van der Waals surface area contributed by atoms with E-state index in [4.69, 9.17) is 0 Å². The highest BCUT2D eigenvalue weighted by Crippen LogP contribution is 2.27. The maximum absolute atomic E-state index is 12.4. The number of phenolic OH excluding ortho intramolecular Hbond substituents is 1. The van der Waals surface area contributed by atoms with Gasteiger partial charge in [0.2, 0.25) is 0 Å². The molecule has 2 heterocycles. The van der Waals surface area contributed by atoms with E-state index in [0.29, 0.717) is 23.5 Å². The van der Waals surface area contributed by atoms with Crippen molar-refractivity contribution in [2.24, 2.45) is 0 Å². The first kappa shape index (κ1) is 15.3. The number of hydrogen-bond acceptors (Lipinski definition) is 5. The van der Waals surface area contributed by atoms with Crippen molar-refractivity contribution in [1.82, 2.24) is 20.5 Å². The molecule has 0 aliphatic heterocycles. The lowest BCUT2D eigenvalue weighted by Crippen LogP contribution is -2.23. The Morgan fingerprint density at radius 3 is 2.96 bits per heavy atom. The average molecular weight is 350 g/mol. The molecule has 6 nitrogen and oxygen atoms in total. The number of aromatic hydroxyl groups is 1. The number of hydrogen-bond donors (Lipinski definition) is 3. The van der Waals surface area contributed by atoms with E-state index in [1.807, 2.05) is 18.2 Å². The van der Waals surface area contributed by atoms with Crippen LogP contribution in [0.3, 0.4) is 0 Å². The molecule has 2 aromatic heterocycles. The number of thiazole rings is 1. The summed E-state index contributed by atoms with van der Waals surface area (Å²) >= 11 is 1.55. The number of aromatic amines is 1.